The Morgan fingerprint density at radius 2 is 2.07 bits per heavy atom. The molecule has 0 aliphatic carbocycles. The number of aromatic nitrogens is 1. The van der Waals surface area contributed by atoms with Crippen LogP contribution in [-0.2, 0) is 0 Å². The Kier molecular flexibility index (Phi) is 4.01. The van der Waals surface area contributed by atoms with Crippen molar-refractivity contribution in [2.45, 2.75) is 32.7 Å². The van der Waals surface area contributed by atoms with Crippen molar-refractivity contribution in [2.75, 3.05) is 0 Å². The smallest absolute Gasteiger partial charge is 0.146 e. The van der Waals surface area contributed by atoms with Crippen LogP contribution in [0.1, 0.15) is 38.4 Å². The standard InChI is InChI=1S/C11H17FN2/c1-3-8(4-2)10(13)11-9(12)6-5-7-14-11/h5-8,10H,3-4,13H2,1-2H3. The minimum absolute atomic E-state index is 0.286. The molecule has 1 rings (SSSR count). The second-order valence-electron chi connectivity index (χ2n) is 3.47. The van der Waals surface area contributed by atoms with E-state index in [1.165, 1.54) is 6.07 Å². The van der Waals surface area contributed by atoms with Crippen LogP contribution in [0.15, 0.2) is 18.3 Å². The fraction of sp³-hybridized carbons (Fsp3) is 0.545. The number of hydrogen-bond donors (Lipinski definition) is 1. The highest BCUT2D eigenvalue weighted by Gasteiger charge is 2.19. The van der Waals surface area contributed by atoms with Crippen molar-refractivity contribution >= 4 is 0 Å². The molecule has 0 aliphatic heterocycles. The molecule has 0 radical (unpaired) electrons. The van der Waals surface area contributed by atoms with Gasteiger partial charge in [0.15, 0.2) is 0 Å². The van der Waals surface area contributed by atoms with Crippen LogP contribution < -0.4 is 5.73 Å². The van der Waals surface area contributed by atoms with E-state index >= 15 is 0 Å². The van der Waals surface area contributed by atoms with E-state index in [1.54, 1.807) is 12.3 Å². The Balaban J connectivity index is 2.88. The number of nitrogens with zero attached hydrogens (tertiary/aromatic N) is 1. The van der Waals surface area contributed by atoms with Crippen molar-refractivity contribution in [3.8, 4) is 0 Å². The van der Waals surface area contributed by atoms with Gasteiger partial charge in [-0.25, -0.2) is 4.39 Å². The van der Waals surface area contributed by atoms with Crippen molar-refractivity contribution in [3.63, 3.8) is 0 Å². The molecule has 0 amide bonds. The monoisotopic (exact) mass is 196 g/mol. The Labute approximate surface area is 84.3 Å². The summed E-state index contributed by atoms with van der Waals surface area (Å²) in [5.74, 6) is 0.00583. The Hall–Kier alpha value is -0.960. The van der Waals surface area contributed by atoms with Crippen molar-refractivity contribution in [1.82, 2.24) is 4.98 Å². The van der Waals surface area contributed by atoms with Crippen molar-refractivity contribution in [3.05, 3.63) is 29.8 Å². The summed E-state index contributed by atoms with van der Waals surface area (Å²) in [5, 5.41) is 0. The molecule has 3 heteroatoms. The molecule has 1 unspecified atom stereocenters. The van der Waals surface area contributed by atoms with Gasteiger partial charge in [-0.05, 0) is 18.1 Å². The van der Waals surface area contributed by atoms with E-state index in [2.05, 4.69) is 18.8 Å². The molecule has 14 heavy (non-hydrogen) atoms. The number of halogens is 1. The molecular weight excluding hydrogens is 179 g/mol. The molecule has 1 heterocycles. The van der Waals surface area contributed by atoms with Gasteiger partial charge in [0.1, 0.15) is 5.82 Å². The number of hydrogen-bond acceptors (Lipinski definition) is 2. The lowest BCUT2D eigenvalue weighted by Crippen LogP contribution is -2.22. The lowest BCUT2D eigenvalue weighted by atomic mass is 9.92. The first-order valence-electron chi connectivity index (χ1n) is 5.06. The largest absolute Gasteiger partial charge is 0.322 e. The summed E-state index contributed by atoms with van der Waals surface area (Å²) >= 11 is 0. The molecule has 1 aromatic heterocycles. The van der Waals surface area contributed by atoms with E-state index in [0.29, 0.717) is 11.6 Å². The second kappa shape index (κ2) is 5.05. The van der Waals surface area contributed by atoms with Gasteiger partial charge in [0.25, 0.3) is 0 Å². The Bertz CT molecular complexity index is 284. The summed E-state index contributed by atoms with van der Waals surface area (Å²) in [6.07, 6.45) is 3.49. The molecule has 0 bridgehead atoms. The Morgan fingerprint density at radius 1 is 1.43 bits per heavy atom. The number of pyridine rings is 1. The SMILES string of the molecule is CCC(CC)C(N)c1ncccc1F. The quantitative estimate of drug-likeness (QED) is 0.804. The van der Waals surface area contributed by atoms with Gasteiger partial charge in [0.05, 0.1) is 11.7 Å². The Morgan fingerprint density at radius 3 is 2.57 bits per heavy atom. The summed E-state index contributed by atoms with van der Waals surface area (Å²) in [6.45, 7) is 4.13. The highest BCUT2D eigenvalue weighted by atomic mass is 19.1. The summed E-state index contributed by atoms with van der Waals surface area (Å²) in [4.78, 5) is 4.00. The van der Waals surface area contributed by atoms with Gasteiger partial charge in [-0.3, -0.25) is 4.98 Å². The predicted molar refractivity (Wildman–Crippen MR) is 55.2 cm³/mol. The molecule has 2 nitrogen and oxygen atoms in total. The summed E-state index contributed by atoms with van der Waals surface area (Å²) < 4.78 is 13.3. The maximum Gasteiger partial charge on any atom is 0.146 e. The van der Waals surface area contributed by atoms with Crippen LogP contribution >= 0.6 is 0 Å². The number of rotatable bonds is 4. The van der Waals surface area contributed by atoms with Crippen LogP contribution in [0, 0.1) is 11.7 Å². The lowest BCUT2D eigenvalue weighted by Gasteiger charge is -2.20. The maximum atomic E-state index is 13.3. The first kappa shape index (κ1) is 11.1. The van der Waals surface area contributed by atoms with Crippen LogP contribution in [0.3, 0.4) is 0 Å². The van der Waals surface area contributed by atoms with Gasteiger partial charge in [0.2, 0.25) is 0 Å². The van der Waals surface area contributed by atoms with Crippen LogP contribution in [0.25, 0.3) is 0 Å². The summed E-state index contributed by atoms with van der Waals surface area (Å²) in [7, 11) is 0. The molecule has 2 N–H and O–H groups in total. The van der Waals surface area contributed by atoms with Crippen LogP contribution in [0.2, 0.25) is 0 Å². The first-order chi connectivity index (χ1) is 6.70. The molecule has 0 saturated carbocycles. The molecule has 1 atom stereocenters. The molecule has 0 spiro atoms. The maximum absolute atomic E-state index is 13.3. The van der Waals surface area contributed by atoms with E-state index < -0.39 is 0 Å². The zero-order valence-corrected chi connectivity index (χ0v) is 8.70. The summed E-state index contributed by atoms with van der Waals surface area (Å²) in [5.41, 5.74) is 6.35. The second-order valence-corrected chi connectivity index (χ2v) is 3.47. The van der Waals surface area contributed by atoms with Gasteiger partial charge in [-0.1, -0.05) is 26.7 Å². The number of nitrogens with two attached hydrogens (primary N) is 1. The third-order valence-electron chi connectivity index (χ3n) is 2.66. The van der Waals surface area contributed by atoms with Crippen molar-refractivity contribution in [1.29, 1.82) is 0 Å². The highest BCUT2D eigenvalue weighted by Crippen LogP contribution is 2.24. The predicted octanol–water partition coefficient (Wildman–Crippen LogP) is 2.66. The highest BCUT2D eigenvalue weighted by molar-refractivity contribution is 5.12. The van der Waals surface area contributed by atoms with E-state index in [9.17, 15) is 4.39 Å². The molecule has 1 aromatic rings. The van der Waals surface area contributed by atoms with Gasteiger partial charge in [0, 0.05) is 6.20 Å². The molecule has 78 valence electrons. The summed E-state index contributed by atoms with van der Waals surface area (Å²) in [6, 6.07) is 2.70. The molecule has 0 fully saturated rings. The van der Waals surface area contributed by atoms with Gasteiger partial charge >= 0.3 is 0 Å². The fourth-order valence-corrected chi connectivity index (χ4v) is 1.66. The van der Waals surface area contributed by atoms with E-state index in [0.717, 1.165) is 12.8 Å². The topological polar surface area (TPSA) is 38.9 Å². The van der Waals surface area contributed by atoms with Crippen molar-refractivity contribution < 1.29 is 4.39 Å². The molecular formula is C11H17FN2. The molecule has 0 saturated heterocycles. The van der Waals surface area contributed by atoms with Crippen LogP contribution in [-0.4, -0.2) is 4.98 Å². The van der Waals surface area contributed by atoms with E-state index in [1.807, 2.05) is 0 Å². The van der Waals surface area contributed by atoms with Gasteiger partial charge in [-0.2, -0.15) is 0 Å². The average Bonchev–Trinajstić information content (AvgIpc) is 2.20. The zero-order chi connectivity index (χ0) is 10.6. The molecule has 0 aromatic carbocycles. The van der Waals surface area contributed by atoms with E-state index in [-0.39, 0.29) is 11.9 Å². The molecule has 0 aliphatic rings. The van der Waals surface area contributed by atoms with Gasteiger partial charge < -0.3 is 5.73 Å². The minimum atomic E-state index is -0.299. The lowest BCUT2D eigenvalue weighted by molar-refractivity contribution is 0.386. The average molecular weight is 196 g/mol. The van der Waals surface area contributed by atoms with E-state index in [4.69, 9.17) is 5.73 Å². The van der Waals surface area contributed by atoms with Gasteiger partial charge in [-0.15, -0.1) is 0 Å². The van der Waals surface area contributed by atoms with Crippen LogP contribution in [0.5, 0.6) is 0 Å². The third kappa shape index (κ3) is 2.29. The first-order valence-corrected chi connectivity index (χ1v) is 5.06. The minimum Gasteiger partial charge on any atom is -0.322 e. The third-order valence-corrected chi connectivity index (χ3v) is 2.66. The zero-order valence-electron chi connectivity index (χ0n) is 8.70. The van der Waals surface area contributed by atoms with Crippen molar-refractivity contribution in [2.24, 2.45) is 11.7 Å². The fourth-order valence-electron chi connectivity index (χ4n) is 1.66. The normalized spacial score (nSPS) is 13.2. The van der Waals surface area contributed by atoms with Crippen LogP contribution in [0.4, 0.5) is 4.39 Å².